The second-order valence-corrected chi connectivity index (χ2v) is 2.91. The van der Waals surface area contributed by atoms with Crippen molar-refractivity contribution in [2.75, 3.05) is 5.73 Å². The van der Waals surface area contributed by atoms with Gasteiger partial charge in [-0.1, -0.05) is 16.8 Å². The molecule has 0 unspecified atom stereocenters. The Bertz CT molecular complexity index is 410. The molecular formula is C8H6ClN3O. The van der Waals surface area contributed by atoms with Crippen molar-refractivity contribution in [1.29, 1.82) is 0 Å². The lowest BCUT2D eigenvalue weighted by Crippen LogP contribution is -1.81. The molecule has 0 amide bonds. The van der Waals surface area contributed by atoms with Crippen molar-refractivity contribution in [2.24, 2.45) is 0 Å². The Kier molecular flexibility index (Phi) is 1.90. The summed E-state index contributed by atoms with van der Waals surface area (Å²) in [5.41, 5.74) is 6.05. The van der Waals surface area contributed by atoms with Gasteiger partial charge in [-0.15, -0.1) is 0 Å². The van der Waals surface area contributed by atoms with Crippen LogP contribution in [0.4, 0.5) is 5.82 Å². The molecule has 5 heteroatoms. The first-order valence-corrected chi connectivity index (χ1v) is 3.97. The lowest BCUT2D eigenvalue weighted by Gasteiger charge is -1.92. The SMILES string of the molecule is Nc1cc(-c2ccc(Cl)cn2)on1. The summed E-state index contributed by atoms with van der Waals surface area (Å²) in [5, 5.41) is 4.13. The van der Waals surface area contributed by atoms with Gasteiger partial charge in [0.1, 0.15) is 5.69 Å². The average Bonchev–Trinajstić information content (AvgIpc) is 2.53. The van der Waals surface area contributed by atoms with E-state index in [1.54, 1.807) is 18.2 Å². The summed E-state index contributed by atoms with van der Waals surface area (Å²) >= 11 is 5.67. The molecule has 2 rings (SSSR count). The first kappa shape index (κ1) is 8.07. The lowest BCUT2D eigenvalue weighted by molar-refractivity contribution is 0.434. The van der Waals surface area contributed by atoms with E-state index in [1.807, 2.05) is 0 Å². The molecule has 2 heterocycles. The molecular weight excluding hydrogens is 190 g/mol. The quantitative estimate of drug-likeness (QED) is 0.756. The highest BCUT2D eigenvalue weighted by molar-refractivity contribution is 6.30. The van der Waals surface area contributed by atoms with E-state index >= 15 is 0 Å². The van der Waals surface area contributed by atoms with Crippen molar-refractivity contribution in [1.82, 2.24) is 10.1 Å². The van der Waals surface area contributed by atoms with Crippen molar-refractivity contribution < 1.29 is 4.52 Å². The molecule has 4 nitrogen and oxygen atoms in total. The van der Waals surface area contributed by atoms with Crippen LogP contribution in [0.15, 0.2) is 28.9 Å². The van der Waals surface area contributed by atoms with Crippen LogP contribution < -0.4 is 5.73 Å². The molecule has 0 spiro atoms. The third-order valence-corrected chi connectivity index (χ3v) is 1.73. The Balaban J connectivity index is 2.41. The molecule has 0 atom stereocenters. The van der Waals surface area contributed by atoms with E-state index < -0.39 is 0 Å². The second-order valence-electron chi connectivity index (χ2n) is 2.48. The molecule has 0 radical (unpaired) electrons. The van der Waals surface area contributed by atoms with Crippen molar-refractivity contribution in [2.45, 2.75) is 0 Å². The largest absolute Gasteiger partial charge is 0.381 e. The van der Waals surface area contributed by atoms with Crippen LogP contribution in [0.25, 0.3) is 11.5 Å². The molecule has 2 aromatic rings. The summed E-state index contributed by atoms with van der Waals surface area (Å²) in [6, 6.07) is 5.07. The minimum absolute atomic E-state index is 0.340. The van der Waals surface area contributed by atoms with Crippen LogP contribution in [0.2, 0.25) is 5.02 Å². The van der Waals surface area contributed by atoms with Crippen molar-refractivity contribution in [3.63, 3.8) is 0 Å². The molecule has 2 N–H and O–H groups in total. The first-order valence-electron chi connectivity index (χ1n) is 3.60. The van der Waals surface area contributed by atoms with E-state index in [4.69, 9.17) is 21.9 Å². The Morgan fingerprint density at radius 3 is 2.77 bits per heavy atom. The number of rotatable bonds is 1. The maximum Gasteiger partial charge on any atom is 0.187 e. The highest BCUT2D eigenvalue weighted by Crippen LogP contribution is 2.19. The van der Waals surface area contributed by atoms with Gasteiger partial charge in [-0.25, -0.2) is 0 Å². The fourth-order valence-corrected chi connectivity index (χ4v) is 1.04. The standard InChI is InChI=1S/C8H6ClN3O/c9-5-1-2-6(11-4-5)7-3-8(10)12-13-7/h1-4H,(H2,10,12). The highest BCUT2D eigenvalue weighted by Gasteiger charge is 2.04. The van der Waals surface area contributed by atoms with Gasteiger partial charge in [-0.05, 0) is 12.1 Å². The molecule has 0 aliphatic rings. The molecule has 2 aromatic heterocycles. The minimum atomic E-state index is 0.340. The number of anilines is 1. The van der Waals surface area contributed by atoms with Crippen molar-refractivity contribution in [3.05, 3.63) is 29.4 Å². The Labute approximate surface area is 79.3 Å². The zero-order valence-electron chi connectivity index (χ0n) is 6.57. The van der Waals surface area contributed by atoms with E-state index in [9.17, 15) is 0 Å². The molecule has 0 aliphatic heterocycles. The first-order chi connectivity index (χ1) is 6.25. The van der Waals surface area contributed by atoms with Gasteiger partial charge in [-0.3, -0.25) is 4.98 Å². The number of pyridine rings is 1. The van der Waals surface area contributed by atoms with Gasteiger partial charge in [0, 0.05) is 12.3 Å². The summed E-state index contributed by atoms with van der Waals surface area (Å²) < 4.78 is 4.91. The van der Waals surface area contributed by atoms with E-state index in [1.165, 1.54) is 6.20 Å². The molecule has 0 saturated heterocycles. The zero-order chi connectivity index (χ0) is 9.26. The normalized spacial score (nSPS) is 10.2. The molecule has 0 fully saturated rings. The smallest absolute Gasteiger partial charge is 0.187 e. The molecule has 0 bridgehead atoms. The highest BCUT2D eigenvalue weighted by atomic mass is 35.5. The summed E-state index contributed by atoms with van der Waals surface area (Å²) in [4.78, 5) is 4.04. The number of hydrogen-bond donors (Lipinski definition) is 1. The number of hydrogen-bond acceptors (Lipinski definition) is 4. The van der Waals surface area contributed by atoms with Crippen LogP contribution in [0, 0.1) is 0 Å². The van der Waals surface area contributed by atoms with Gasteiger partial charge in [0.25, 0.3) is 0 Å². The number of aromatic nitrogens is 2. The van der Waals surface area contributed by atoms with Crippen LogP contribution >= 0.6 is 11.6 Å². The molecule has 0 aliphatic carbocycles. The summed E-state index contributed by atoms with van der Waals surface area (Å²) in [5.74, 6) is 0.876. The Morgan fingerprint density at radius 1 is 1.38 bits per heavy atom. The lowest BCUT2D eigenvalue weighted by atomic mass is 10.3. The second kappa shape index (κ2) is 3.06. The summed E-state index contributed by atoms with van der Waals surface area (Å²) in [6.45, 7) is 0. The van der Waals surface area contributed by atoms with Crippen LogP contribution in [0.3, 0.4) is 0 Å². The predicted octanol–water partition coefficient (Wildman–Crippen LogP) is 1.97. The van der Waals surface area contributed by atoms with E-state index in [0.717, 1.165) is 0 Å². The minimum Gasteiger partial charge on any atom is -0.381 e. The zero-order valence-corrected chi connectivity index (χ0v) is 7.32. The molecule has 66 valence electrons. The topological polar surface area (TPSA) is 64.9 Å². The number of nitrogen functional groups attached to an aromatic ring is 1. The molecule has 0 aromatic carbocycles. The van der Waals surface area contributed by atoms with Gasteiger partial charge in [0.15, 0.2) is 11.6 Å². The van der Waals surface area contributed by atoms with Crippen LogP contribution in [-0.2, 0) is 0 Å². The fraction of sp³-hybridized carbons (Fsp3) is 0. The Morgan fingerprint density at radius 2 is 2.23 bits per heavy atom. The van der Waals surface area contributed by atoms with Gasteiger partial charge < -0.3 is 10.3 Å². The van der Waals surface area contributed by atoms with E-state index in [-0.39, 0.29) is 0 Å². The van der Waals surface area contributed by atoms with Gasteiger partial charge in [-0.2, -0.15) is 0 Å². The summed E-state index contributed by atoms with van der Waals surface area (Å²) in [7, 11) is 0. The average molecular weight is 196 g/mol. The van der Waals surface area contributed by atoms with E-state index in [0.29, 0.717) is 22.3 Å². The molecule has 0 saturated carbocycles. The number of nitrogens with zero attached hydrogens (tertiary/aromatic N) is 2. The predicted molar refractivity (Wildman–Crippen MR) is 49.2 cm³/mol. The van der Waals surface area contributed by atoms with Gasteiger partial charge in [0.05, 0.1) is 5.02 Å². The van der Waals surface area contributed by atoms with E-state index in [2.05, 4.69) is 10.1 Å². The molecule has 13 heavy (non-hydrogen) atoms. The number of nitrogens with two attached hydrogens (primary N) is 1. The Hall–Kier alpha value is -1.55. The van der Waals surface area contributed by atoms with Crippen molar-refractivity contribution >= 4 is 17.4 Å². The maximum atomic E-state index is 5.67. The maximum absolute atomic E-state index is 5.67. The third-order valence-electron chi connectivity index (χ3n) is 1.51. The van der Waals surface area contributed by atoms with Crippen LogP contribution in [0.1, 0.15) is 0 Å². The van der Waals surface area contributed by atoms with Gasteiger partial charge in [0.2, 0.25) is 0 Å². The number of halogens is 1. The summed E-state index contributed by atoms with van der Waals surface area (Å²) in [6.07, 6.45) is 1.54. The van der Waals surface area contributed by atoms with Gasteiger partial charge >= 0.3 is 0 Å². The van der Waals surface area contributed by atoms with Crippen LogP contribution in [-0.4, -0.2) is 10.1 Å². The fourth-order valence-electron chi connectivity index (χ4n) is 0.931. The monoisotopic (exact) mass is 195 g/mol. The van der Waals surface area contributed by atoms with Crippen molar-refractivity contribution in [3.8, 4) is 11.5 Å². The third kappa shape index (κ3) is 1.62. The van der Waals surface area contributed by atoms with Crippen LogP contribution in [0.5, 0.6) is 0 Å².